The van der Waals surface area contributed by atoms with Crippen LogP contribution in [0.4, 0.5) is 11.4 Å². The van der Waals surface area contributed by atoms with Crippen molar-refractivity contribution in [1.82, 2.24) is 0 Å². The minimum atomic E-state index is -0.394. The van der Waals surface area contributed by atoms with Crippen LogP contribution in [0, 0.1) is 10.1 Å². The second-order valence-corrected chi connectivity index (χ2v) is 5.71. The maximum Gasteiger partial charge on any atom is 0.275 e. The lowest BCUT2D eigenvalue weighted by molar-refractivity contribution is -0.384. The molecule has 1 saturated carbocycles. The van der Waals surface area contributed by atoms with Gasteiger partial charge in [-0.15, -0.1) is 0 Å². The van der Waals surface area contributed by atoms with Crippen molar-refractivity contribution in [2.45, 2.75) is 30.6 Å². The molecule has 1 aliphatic rings. The predicted molar refractivity (Wildman–Crippen MR) is 78.2 cm³/mol. The van der Waals surface area contributed by atoms with E-state index in [1.807, 2.05) is 17.8 Å². The summed E-state index contributed by atoms with van der Waals surface area (Å²) < 4.78 is 5.11. The van der Waals surface area contributed by atoms with E-state index in [-0.39, 0.29) is 5.69 Å². The van der Waals surface area contributed by atoms with Gasteiger partial charge in [0.05, 0.1) is 18.1 Å². The normalized spacial score (nSPS) is 22.2. The summed E-state index contributed by atoms with van der Waals surface area (Å²) in [5.41, 5.74) is 0.817. The van der Waals surface area contributed by atoms with Gasteiger partial charge in [-0.05, 0) is 19.1 Å². The maximum absolute atomic E-state index is 10.9. The van der Waals surface area contributed by atoms with E-state index in [0.717, 1.165) is 12.1 Å². The highest BCUT2D eigenvalue weighted by Gasteiger charge is 2.26. The summed E-state index contributed by atoms with van der Waals surface area (Å²) in [6, 6.07) is 5.19. The van der Waals surface area contributed by atoms with Gasteiger partial charge >= 0.3 is 0 Å². The van der Waals surface area contributed by atoms with E-state index in [0.29, 0.717) is 17.0 Å². The predicted octanol–water partition coefficient (Wildman–Crippen LogP) is 3.30. The molecule has 104 valence electrons. The van der Waals surface area contributed by atoms with Crippen molar-refractivity contribution < 1.29 is 9.66 Å². The lowest BCUT2D eigenvalue weighted by Gasteiger charge is -2.20. The summed E-state index contributed by atoms with van der Waals surface area (Å²) in [6.07, 6.45) is 5.62. The Morgan fingerprint density at radius 3 is 2.84 bits per heavy atom. The molecule has 0 spiro atoms. The molecule has 2 unspecified atom stereocenters. The largest absolute Gasteiger partial charge is 0.496 e. The molecule has 0 aromatic heterocycles. The minimum Gasteiger partial charge on any atom is -0.496 e. The van der Waals surface area contributed by atoms with Crippen LogP contribution in [0.1, 0.15) is 19.3 Å². The van der Waals surface area contributed by atoms with Crippen LogP contribution in [0.5, 0.6) is 5.75 Å². The number of nitro groups is 1. The number of nitrogens with zero attached hydrogens (tertiary/aromatic N) is 1. The lowest BCUT2D eigenvalue weighted by atomic mass is 10.2. The van der Waals surface area contributed by atoms with E-state index in [4.69, 9.17) is 4.74 Å². The number of nitrogens with one attached hydrogen (secondary N) is 1. The van der Waals surface area contributed by atoms with Gasteiger partial charge < -0.3 is 10.1 Å². The van der Waals surface area contributed by atoms with Crippen molar-refractivity contribution in [2.24, 2.45) is 0 Å². The SMILES string of the molecule is COc1cc(NC2CCCC2SC)cc([N+](=O)[O-])c1. The fraction of sp³-hybridized carbons (Fsp3) is 0.538. The number of anilines is 1. The zero-order valence-corrected chi connectivity index (χ0v) is 11.9. The first-order chi connectivity index (χ1) is 9.13. The van der Waals surface area contributed by atoms with Gasteiger partial charge in [0, 0.05) is 29.1 Å². The van der Waals surface area contributed by atoms with Crippen molar-refractivity contribution in [2.75, 3.05) is 18.7 Å². The summed E-state index contributed by atoms with van der Waals surface area (Å²) in [4.78, 5) is 10.5. The summed E-state index contributed by atoms with van der Waals surface area (Å²) >= 11 is 1.85. The summed E-state index contributed by atoms with van der Waals surface area (Å²) in [7, 11) is 1.52. The number of methoxy groups -OCH3 is 1. The van der Waals surface area contributed by atoms with Gasteiger partial charge in [0.25, 0.3) is 5.69 Å². The number of thioether (sulfide) groups is 1. The van der Waals surface area contributed by atoms with Crippen molar-refractivity contribution in [3.8, 4) is 5.75 Å². The Hall–Kier alpha value is -1.43. The van der Waals surface area contributed by atoms with Crippen LogP contribution in [-0.4, -0.2) is 29.6 Å². The van der Waals surface area contributed by atoms with E-state index < -0.39 is 4.92 Å². The zero-order chi connectivity index (χ0) is 13.8. The van der Waals surface area contributed by atoms with Crippen molar-refractivity contribution in [1.29, 1.82) is 0 Å². The molecule has 1 fully saturated rings. The Bertz CT molecular complexity index is 467. The van der Waals surface area contributed by atoms with Gasteiger partial charge in [-0.25, -0.2) is 0 Å². The quantitative estimate of drug-likeness (QED) is 0.663. The molecule has 19 heavy (non-hydrogen) atoms. The molecule has 0 saturated heterocycles. The first kappa shape index (κ1) is 14.0. The Kier molecular flexibility index (Phi) is 4.52. The third-order valence-corrected chi connectivity index (χ3v) is 4.61. The van der Waals surface area contributed by atoms with E-state index in [9.17, 15) is 10.1 Å². The van der Waals surface area contributed by atoms with Crippen LogP contribution in [0.25, 0.3) is 0 Å². The maximum atomic E-state index is 10.9. The first-order valence-corrected chi connectivity index (χ1v) is 7.55. The lowest BCUT2D eigenvalue weighted by Crippen LogP contribution is -2.25. The Labute approximate surface area is 116 Å². The molecular formula is C13H18N2O3S. The second-order valence-electron chi connectivity index (χ2n) is 4.63. The van der Waals surface area contributed by atoms with Crippen LogP contribution in [-0.2, 0) is 0 Å². The molecule has 1 aliphatic carbocycles. The molecule has 2 rings (SSSR count). The highest BCUT2D eigenvalue weighted by Crippen LogP contribution is 2.33. The molecule has 0 heterocycles. The third-order valence-electron chi connectivity index (χ3n) is 3.45. The van der Waals surface area contributed by atoms with Crippen molar-refractivity contribution in [3.05, 3.63) is 28.3 Å². The molecule has 5 nitrogen and oxygen atoms in total. The zero-order valence-electron chi connectivity index (χ0n) is 11.1. The Morgan fingerprint density at radius 2 is 2.21 bits per heavy atom. The van der Waals surface area contributed by atoms with E-state index in [2.05, 4.69) is 11.6 Å². The standard InChI is InChI=1S/C13H18N2O3S/c1-18-11-7-9(6-10(8-11)15(16)17)14-12-4-3-5-13(12)19-2/h6-8,12-14H,3-5H2,1-2H3. The Balaban J connectivity index is 2.19. The number of rotatable bonds is 5. The van der Waals surface area contributed by atoms with Crippen molar-refractivity contribution >= 4 is 23.1 Å². The van der Waals surface area contributed by atoms with Gasteiger partial charge in [-0.2, -0.15) is 11.8 Å². The summed E-state index contributed by atoms with van der Waals surface area (Å²) in [5.74, 6) is 0.510. The van der Waals surface area contributed by atoms with Gasteiger partial charge in [-0.3, -0.25) is 10.1 Å². The summed E-state index contributed by atoms with van der Waals surface area (Å²) in [5, 5.41) is 14.9. The number of benzene rings is 1. The molecule has 0 amide bonds. The molecule has 0 radical (unpaired) electrons. The molecule has 1 aromatic rings. The van der Waals surface area contributed by atoms with Crippen LogP contribution < -0.4 is 10.1 Å². The minimum absolute atomic E-state index is 0.0561. The monoisotopic (exact) mass is 282 g/mol. The highest BCUT2D eigenvalue weighted by molar-refractivity contribution is 7.99. The van der Waals surface area contributed by atoms with Crippen LogP contribution >= 0.6 is 11.8 Å². The van der Waals surface area contributed by atoms with Crippen LogP contribution in [0.3, 0.4) is 0 Å². The molecule has 0 aliphatic heterocycles. The molecule has 0 bridgehead atoms. The number of non-ortho nitro benzene ring substituents is 1. The third kappa shape index (κ3) is 3.32. The topological polar surface area (TPSA) is 64.4 Å². The Morgan fingerprint density at radius 1 is 1.42 bits per heavy atom. The van der Waals surface area contributed by atoms with Crippen LogP contribution in [0.2, 0.25) is 0 Å². The molecular weight excluding hydrogens is 264 g/mol. The smallest absolute Gasteiger partial charge is 0.275 e. The fourth-order valence-corrected chi connectivity index (χ4v) is 3.41. The first-order valence-electron chi connectivity index (χ1n) is 6.27. The van der Waals surface area contributed by atoms with Gasteiger partial charge in [0.1, 0.15) is 5.75 Å². The van der Waals surface area contributed by atoms with Gasteiger partial charge in [-0.1, -0.05) is 6.42 Å². The fourth-order valence-electron chi connectivity index (χ4n) is 2.48. The molecule has 1 N–H and O–H groups in total. The highest BCUT2D eigenvalue weighted by atomic mass is 32.2. The average molecular weight is 282 g/mol. The molecule has 2 atom stereocenters. The van der Waals surface area contributed by atoms with E-state index >= 15 is 0 Å². The number of nitro benzene ring substituents is 1. The van der Waals surface area contributed by atoms with E-state index in [1.165, 1.54) is 26.0 Å². The average Bonchev–Trinajstić information content (AvgIpc) is 2.85. The second kappa shape index (κ2) is 6.14. The summed E-state index contributed by atoms with van der Waals surface area (Å²) in [6.45, 7) is 0. The van der Waals surface area contributed by atoms with Gasteiger partial charge in [0.2, 0.25) is 0 Å². The van der Waals surface area contributed by atoms with E-state index in [1.54, 1.807) is 6.07 Å². The van der Waals surface area contributed by atoms with Crippen LogP contribution in [0.15, 0.2) is 18.2 Å². The number of hydrogen-bond donors (Lipinski definition) is 1. The number of ether oxygens (including phenoxy) is 1. The molecule has 1 aromatic carbocycles. The molecule has 6 heteroatoms. The number of hydrogen-bond acceptors (Lipinski definition) is 5. The van der Waals surface area contributed by atoms with Crippen molar-refractivity contribution in [3.63, 3.8) is 0 Å². The van der Waals surface area contributed by atoms with Gasteiger partial charge in [0.15, 0.2) is 0 Å².